The number of benzene rings is 2. The number of rotatable bonds is 8. The van der Waals surface area contributed by atoms with Crippen LogP contribution in [0, 0.1) is 0 Å². The smallest absolute Gasteiger partial charge is 0.247 e. The zero-order valence-corrected chi connectivity index (χ0v) is 17.1. The van der Waals surface area contributed by atoms with Gasteiger partial charge in [0.2, 0.25) is 11.8 Å². The van der Waals surface area contributed by atoms with Crippen molar-refractivity contribution in [2.75, 3.05) is 17.3 Å². The molecule has 1 N–H and O–H groups in total. The molecule has 0 spiro atoms. The van der Waals surface area contributed by atoms with Crippen LogP contribution < -0.4 is 9.64 Å². The maximum Gasteiger partial charge on any atom is 0.247 e. The third-order valence-corrected chi connectivity index (χ3v) is 5.98. The molecule has 1 aliphatic rings. The first-order chi connectivity index (χ1) is 14.2. The zero-order chi connectivity index (χ0) is 20.2. The zero-order valence-electron chi connectivity index (χ0n) is 16.3. The number of anilines is 1. The number of thioether (sulfide) groups is 1. The number of nitrogens with zero attached hydrogens (tertiary/aromatic N) is 2. The van der Waals surface area contributed by atoms with Gasteiger partial charge in [-0.15, -0.1) is 11.8 Å². The molecule has 0 aliphatic carbocycles. The Kier molecular flexibility index (Phi) is 5.85. The quantitative estimate of drug-likeness (QED) is 0.570. The Balaban J connectivity index is 1.35. The molecule has 1 atom stereocenters. The molecule has 0 unspecified atom stereocenters. The molecule has 0 bridgehead atoms. The van der Waals surface area contributed by atoms with Crippen LogP contribution in [0.2, 0.25) is 0 Å². The van der Waals surface area contributed by atoms with Gasteiger partial charge < -0.3 is 9.72 Å². The summed E-state index contributed by atoms with van der Waals surface area (Å²) in [6, 6.07) is 15.0. The van der Waals surface area contributed by atoms with Gasteiger partial charge in [-0.05, 0) is 42.8 Å². The molecule has 1 fully saturated rings. The summed E-state index contributed by atoms with van der Waals surface area (Å²) in [4.78, 5) is 34.4. The molecule has 3 aromatic rings. The summed E-state index contributed by atoms with van der Waals surface area (Å²) in [5.74, 6) is 2.06. The number of imide groups is 1. The number of aryl methyl sites for hydroxylation is 1. The average Bonchev–Trinajstić information content (AvgIpc) is 3.27. The third kappa shape index (κ3) is 4.29. The van der Waals surface area contributed by atoms with Crippen LogP contribution >= 0.6 is 11.8 Å². The normalized spacial score (nSPS) is 16.7. The second-order valence-corrected chi connectivity index (χ2v) is 8.23. The summed E-state index contributed by atoms with van der Waals surface area (Å²) in [6.45, 7) is 2.69. The van der Waals surface area contributed by atoms with E-state index in [1.54, 1.807) is 24.3 Å². The third-order valence-electron chi connectivity index (χ3n) is 4.77. The van der Waals surface area contributed by atoms with Crippen molar-refractivity contribution in [1.29, 1.82) is 0 Å². The molecule has 0 saturated carbocycles. The number of aromatic amines is 1. The highest BCUT2D eigenvalue weighted by molar-refractivity contribution is 8.00. The molecule has 2 amide bonds. The number of para-hydroxylation sites is 2. The predicted molar refractivity (Wildman–Crippen MR) is 115 cm³/mol. The first-order valence-electron chi connectivity index (χ1n) is 9.80. The number of carbonyl (C=O) groups excluding carboxylic acids is 2. The summed E-state index contributed by atoms with van der Waals surface area (Å²) < 4.78 is 5.56. The van der Waals surface area contributed by atoms with Crippen LogP contribution in [0.3, 0.4) is 0 Å². The number of aromatic nitrogens is 2. The second-order valence-electron chi connectivity index (χ2n) is 6.92. The van der Waals surface area contributed by atoms with Gasteiger partial charge >= 0.3 is 0 Å². The lowest BCUT2D eigenvalue weighted by molar-refractivity contribution is -0.121. The molecular formula is C22H23N3O3S. The number of hydrogen-bond acceptors (Lipinski definition) is 5. The van der Waals surface area contributed by atoms with Crippen LogP contribution in [0.1, 0.15) is 25.6 Å². The van der Waals surface area contributed by atoms with Crippen LogP contribution in [-0.2, 0) is 16.0 Å². The largest absolute Gasteiger partial charge is 0.494 e. The summed E-state index contributed by atoms with van der Waals surface area (Å²) in [5, 5.41) is -0.345. The Morgan fingerprint density at radius 1 is 1.17 bits per heavy atom. The van der Waals surface area contributed by atoms with Crippen LogP contribution in [-0.4, -0.2) is 39.4 Å². The Morgan fingerprint density at radius 3 is 2.72 bits per heavy atom. The summed E-state index contributed by atoms with van der Waals surface area (Å²) in [7, 11) is 0. The fourth-order valence-corrected chi connectivity index (χ4v) is 4.44. The van der Waals surface area contributed by atoms with Gasteiger partial charge in [-0.3, -0.25) is 9.59 Å². The van der Waals surface area contributed by atoms with E-state index in [1.807, 2.05) is 31.2 Å². The van der Waals surface area contributed by atoms with E-state index in [9.17, 15) is 9.59 Å². The minimum Gasteiger partial charge on any atom is -0.494 e. The molecule has 4 rings (SSSR count). The van der Waals surface area contributed by atoms with Crippen molar-refractivity contribution in [3.63, 3.8) is 0 Å². The van der Waals surface area contributed by atoms with Gasteiger partial charge in [0.15, 0.2) is 0 Å². The van der Waals surface area contributed by atoms with Crippen LogP contribution in [0.4, 0.5) is 5.69 Å². The number of H-pyrrole nitrogens is 1. The number of imidazole rings is 1. The SMILES string of the molecule is CCCOc1ccc(N2C(=O)C[C@H](SCCc3nc4ccccc4[nH]3)C2=O)cc1. The second kappa shape index (κ2) is 8.69. The van der Waals surface area contributed by atoms with Crippen molar-refractivity contribution >= 4 is 40.3 Å². The lowest BCUT2D eigenvalue weighted by Gasteiger charge is -2.15. The van der Waals surface area contributed by atoms with Gasteiger partial charge in [0.25, 0.3) is 0 Å². The van der Waals surface area contributed by atoms with Crippen molar-refractivity contribution in [2.24, 2.45) is 0 Å². The molecule has 2 heterocycles. The first-order valence-corrected chi connectivity index (χ1v) is 10.9. The van der Waals surface area contributed by atoms with Crippen molar-refractivity contribution in [1.82, 2.24) is 9.97 Å². The van der Waals surface area contributed by atoms with Gasteiger partial charge in [-0.1, -0.05) is 19.1 Å². The van der Waals surface area contributed by atoms with Crippen molar-refractivity contribution in [2.45, 2.75) is 31.4 Å². The van der Waals surface area contributed by atoms with Gasteiger partial charge in [0, 0.05) is 18.6 Å². The van der Waals surface area contributed by atoms with E-state index in [4.69, 9.17) is 4.74 Å². The van der Waals surface area contributed by atoms with Crippen LogP contribution in [0.5, 0.6) is 5.75 Å². The van der Waals surface area contributed by atoms with Gasteiger partial charge in [0.1, 0.15) is 11.6 Å². The van der Waals surface area contributed by atoms with Crippen LogP contribution in [0.25, 0.3) is 11.0 Å². The fourth-order valence-electron chi connectivity index (χ4n) is 3.34. The molecule has 150 valence electrons. The number of ether oxygens (including phenoxy) is 1. The standard InChI is InChI=1S/C22H23N3O3S/c1-2-12-28-16-9-7-15(8-10-16)25-21(26)14-19(22(25)27)29-13-11-20-23-17-5-3-4-6-18(17)24-20/h3-10,19H,2,11-14H2,1H3,(H,23,24)/t19-/m0/s1. The monoisotopic (exact) mass is 409 g/mol. The summed E-state index contributed by atoms with van der Waals surface area (Å²) in [5.41, 5.74) is 2.55. The lowest BCUT2D eigenvalue weighted by atomic mass is 10.3. The maximum absolute atomic E-state index is 12.8. The Bertz CT molecular complexity index is 983. The molecule has 1 saturated heterocycles. The fraction of sp³-hybridized carbons (Fsp3) is 0.318. The van der Waals surface area contributed by atoms with Crippen molar-refractivity contribution in [3.05, 3.63) is 54.4 Å². The van der Waals surface area contributed by atoms with Gasteiger partial charge in [-0.25, -0.2) is 9.88 Å². The Hall–Kier alpha value is -2.80. The summed E-state index contributed by atoms with van der Waals surface area (Å²) in [6.07, 6.45) is 1.89. The molecular weight excluding hydrogens is 386 g/mol. The Labute approximate surface area is 173 Å². The number of hydrogen-bond donors (Lipinski definition) is 1. The van der Waals surface area contributed by atoms with E-state index in [-0.39, 0.29) is 23.5 Å². The van der Waals surface area contributed by atoms with Crippen molar-refractivity contribution in [3.8, 4) is 5.75 Å². The van der Waals surface area contributed by atoms with E-state index in [0.29, 0.717) is 12.3 Å². The van der Waals surface area contributed by atoms with E-state index in [2.05, 4.69) is 9.97 Å². The molecule has 0 radical (unpaired) electrons. The number of fused-ring (bicyclic) bond motifs is 1. The number of amides is 2. The van der Waals surface area contributed by atoms with Gasteiger partial charge in [0.05, 0.1) is 28.6 Å². The van der Waals surface area contributed by atoms with E-state index >= 15 is 0 Å². The molecule has 29 heavy (non-hydrogen) atoms. The average molecular weight is 410 g/mol. The predicted octanol–water partition coefficient (Wildman–Crippen LogP) is 3.96. The maximum atomic E-state index is 12.8. The molecule has 1 aromatic heterocycles. The number of nitrogens with one attached hydrogen (secondary N) is 1. The number of carbonyl (C=O) groups is 2. The summed E-state index contributed by atoms with van der Waals surface area (Å²) >= 11 is 1.52. The first kappa shape index (κ1) is 19.5. The molecule has 2 aromatic carbocycles. The van der Waals surface area contributed by atoms with Gasteiger partial charge in [-0.2, -0.15) is 0 Å². The highest BCUT2D eigenvalue weighted by Gasteiger charge is 2.39. The molecule has 7 heteroatoms. The molecule has 6 nitrogen and oxygen atoms in total. The van der Waals surface area contributed by atoms with Crippen molar-refractivity contribution < 1.29 is 14.3 Å². The highest BCUT2D eigenvalue weighted by atomic mass is 32.2. The van der Waals surface area contributed by atoms with E-state index in [1.165, 1.54) is 16.7 Å². The highest BCUT2D eigenvalue weighted by Crippen LogP contribution is 2.31. The topological polar surface area (TPSA) is 75.3 Å². The lowest BCUT2D eigenvalue weighted by Crippen LogP contribution is -2.31. The van der Waals surface area contributed by atoms with Crippen LogP contribution in [0.15, 0.2) is 48.5 Å². The minimum absolute atomic E-state index is 0.146. The van der Waals surface area contributed by atoms with E-state index in [0.717, 1.165) is 41.2 Å². The molecule has 1 aliphatic heterocycles. The minimum atomic E-state index is -0.345. The van der Waals surface area contributed by atoms with E-state index < -0.39 is 0 Å². The Morgan fingerprint density at radius 2 is 1.97 bits per heavy atom.